The molecule has 0 aromatic carbocycles. The lowest BCUT2D eigenvalue weighted by Crippen LogP contribution is -2.44. The van der Waals surface area contributed by atoms with Gasteiger partial charge >= 0.3 is 0 Å². The van der Waals surface area contributed by atoms with Crippen LogP contribution in [-0.4, -0.2) is 10.7 Å². The highest BCUT2D eigenvalue weighted by atomic mass is 16.3. The smallest absolute Gasteiger partial charge is 0.0647 e. The monoisotopic (exact) mass is 210 g/mol. The first kappa shape index (κ1) is 11.4. The van der Waals surface area contributed by atoms with E-state index in [1.807, 2.05) is 0 Å². The van der Waals surface area contributed by atoms with E-state index in [4.69, 9.17) is 0 Å². The van der Waals surface area contributed by atoms with Gasteiger partial charge in [-0.25, -0.2) is 0 Å². The number of hydrogen-bond donors (Lipinski definition) is 1. The van der Waals surface area contributed by atoms with Gasteiger partial charge in [0.15, 0.2) is 0 Å². The molecule has 0 aromatic rings. The van der Waals surface area contributed by atoms with Gasteiger partial charge in [0.05, 0.1) is 5.60 Å². The molecule has 0 bridgehead atoms. The van der Waals surface area contributed by atoms with Crippen LogP contribution in [0.1, 0.15) is 65.2 Å². The van der Waals surface area contributed by atoms with Crippen LogP contribution in [0.25, 0.3) is 0 Å². The number of hydrogen-bond acceptors (Lipinski definition) is 1. The van der Waals surface area contributed by atoms with Crippen LogP contribution in [0.2, 0.25) is 0 Å². The fourth-order valence-electron chi connectivity index (χ4n) is 3.97. The Balaban J connectivity index is 2.09. The molecule has 0 radical (unpaired) electrons. The summed E-state index contributed by atoms with van der Waals surface area (Å²) in [5, 5.41) is 10.5. The molecule has 2 aliphatic carbocycles. The predicted octanol–water partition coefficient (Wildman–Crippen LogP) is 3.75. The zero-order valence-corrected chi connectivity index (χ0v) is 10.3. The zero-order valence-electron chi connectivity index (χ0n) is 10.3. The van der Waals surface area contributed by atoms with Crippen molar-refractivity contribution in [2.75, 3.05) is 0 Å². The molecular formula is C14H26O. The molecule has 0 saturated heterocycles. The molecule has 4 atom stereocenters. The van der Waals surface area contributed by atoms with Gasteiger partial charge in [0.2, 0.25) is 0 Å². The molecule has 2 fully saturated rings. The molecule has 15 heavy (non-hydrogen) atoms. The van der Waals surface area contributed by atoms with Gasteiger partial charge in [-0.1, -0.05) is 39.0 Å². The maximum absolute atomic E-state index is 10.5. The summed E-state index contributed by atoms with van der Waals surface area (Å²) >= 11 is 0. The van der Waals surface area contributed by atoms with Crippen molar-refractivity contribution >= 4 is 0 Å². The van der Waals surface area contributed by atoms with Gasteiger partial charge in [0, 0.05) is 0 Å². The van der Waals surface area contributed by atoms with Crippen molar-refractivity contribution in [1.82, 2.24) is 0 Å². The summed E-state index contributed by atoms with van der Waals surface area (Å²) in [6.07, 6.45) is 10.6. The Labute approximate surface area is 94.3 Å². The van der Waals surface area contributed by atoms with Crippen molar-refractivity contribution in [3.63, 3.8) is 0 Å². The Morgan fingerprint density at radius 3 is 2.47 bits per heavy atom. The van der Waals surface area contributed by atoms with Gasteiger partial charge in [0.1, 0.15) is 0 Å². The van der Waals surface area contributed by atoms with E-state index in [0.29, 0.717) is 5.92 Å². The summed E-state index contributed by atoms with van der Waals surface area (Å²) in [6, 6.07) is 0. The van der Waals surface area contributed by atoms with Gasteiger partial charge in [-0.05, 0) is 43.9 Å². The topological polar surface area (TPSA) is 20.2 Å². The van der Waals surface area contributed by atoms with Crippen LogP contribution in [0.4, 0.5) is 0 Å². The molecule has 2 rings (SSSR count). The van der Waals surface area contributed by atoms with Crippen molar-refractivity contribution in [2.45, 2.75) is 70.8 Å². The first-order valence-corrected chi connectivity index (χ1v) is 6.87. The third-order valence-corrected chi connectivity index (χ3v) is 5.09. The summed E-state index contributed by atoms with van der Waals surface area (Å²) < 4.78 is 0. The van der Waals surface area contributed by atoms with Gasteiger partial charge in [0.25, 0.3) is 0 Å². The quantitative estimate of drug-likeness (QED) is 0.736. The first-order valence-electron chi connectivity index (χ1n) is 6.87. The molecule has 1 N–H and O–H groups in total. The molecule has 0 aliphatic heterocycles. The average Bonchev–Trinajstić information content (AvgIpc) is 2.28. The highest BCUT2D eigenvalue weighted by molar-refractivity contribution is 4.93. The Morgan fingerprint density at radius 2 is 1.73 bits per heavy atom. The number of fused-ring (bicyclic) bond motifs is 1. The highest BCUT2D eigenvalue weighted by Gasteiger charge is 2.42. The minimum Gasteiger partial charge on any atom is -0.390 e. The minimum atomic E-state index is -0.402. The van der Waals surface area contributed by atoms with Crippen LogP contribution in [0.3, 0.4) is 0 Å². The highest BCUT2D eigenvalue weighted by Crippen LogP contribution is 2.48. The van der Waals surface area contributed by atoms with Crippen molar-refractivity contribution in [3.8, 4) is 0 Å². The molecule has 1 nitrogen and oxygen atoms in total. The zero-order chi connectivity index (χ0) is 10.9. The van der Waals surface area contributed by atoms with Gasteiger partial charge < -0.3 is 5.11 Å². The Morgan fingerprint density at radius 1 is 1.07 bits per heavy atom. The molecule has 2 aliphatic rings. The molecule has 0 aromatic heterocycles. The fraction of sp³-hybridized carbons (Fsp3) is 1.00. The summed E-state index contributed by atoms with van der Waals surface area (Å²) in [6.45, 7) is 4.20. The molecule has 0 spiro atoms. The molecule has 3 unspecified atom stereocenters. The molecule has 0 heterocycles. The Kier molecular flexibility index (Phi) is 3.39. The second-order valence-electron chi connectivity index (χ2n) is 5.96. The standard InChI is InChI=1S/C14H26O/c1-3-14(2,15)13-10-6-8-11-7-4-5-9-12(11)13/h11-13,15H,3-10H2,1-2H3/t11?,12?,13-,14?/m0/s1. The number of rotatable bonds is 2. The van der Waals surface area contributed by atoms with Crippen LogP contribution < -0.4 is 0 Å². The summed E-state index contributed by atoms with van der Waals surface area (Å²) in [7, 11) is 0. The maximum Gasteiger partial charge on any atom is 0.0647 e. The van der Waals surface area contributed by atoms with E-state index in [1.165, 1.54) is 44.9 Å². The third kappa shape index (κ3) is 2.22. The van der Waals surface area contributed by atoms with Crippen LogP contribution in [-0.2, 0) is 0 Å². The number of aliphatic hydroxyl groups is 1. The Bertz CT molecular complexity index is 207. The van der Waals surface area contributed by atoms with E-state index in [1.54, 1.807) is 0 Å². The van der Waals surface area contributed by atoms with Gasteiger partial charge in [-0.2, -0.15) is 0 Å². The van der Waals surface area contributed by atoms with Crippen LogP contribution in [0, 0.1) is 17.8 Å². The SMILES string of the molecule is CCC(C)(O)[C@H]1CCCC2CCCCC21. The summed E-state index contributed by atoms with van der Waals surface area (Å²) in [4.78, 5) is 0. The molecule has 2 saturated carbocycles. The normalized spacial score (nSPS) is 40.6. The predicted molar refractivity (Wildman–Crippen MR) is 63.7 cm³/mol. The van der Waals surface area contributed by atoms with Crippen LogP contribution in [0.15, 0.2) is 0 Å². The summed E-state index contributed by atoms with van der Waals surface area (Å²) in [5.74, 6) is 2.36. The van der Waals surface area contributed by atoms with E-state index < -0.39 is 5.60 Å². The maximum atomic E-state index is 10.5. The second-order valence-corrected chi connectivity index (χ2v) is 5.96. The lowest BCUT2D eigenvalue weighted by molar-refractivity contribution is -0.0700. The molecular weight excluding hydrogens is 184 g/mol. The summed E-state index contributed by atoms with van der Waals surface area (Å²) in [5.41, 5.74) is -0.402. The molecule has 1 heteroatoms. The Hall–Kier alpha value is -0.0400. The van der Waals surface area contributed by atoms with E-state index in [2.05, 4.69) is 13.8 Å². The average molecular weight is 210 g/mol. The van der Waals surface area contributed by atoms with Crippen molar-refractivity contribution in [3.05, 3.63) is 0 Å². The van der Waals surface area contributed by atoms with E-state index >= 15 is 0 Å². The molecule has 88 valence electrons. The third-order valence-electron chi connectivity index (χ3n) is 5.09. The van der Waals surface area contributed by atoms with Gasteiger partial charge in [-0.15, -0.1) is 0 Å². The lowest BCUT2D eigenvalue weighted by Gasteiger charge is -2.47. The minimum absolute atomic E-state index is 0.402. The molecule has 0 amide bonds. The fourth-order valence-corrected chi connectivity index (χ4v) is 3.97. The van der Waals surface area contributed by atoms with Crippen LogP contribution >= 0.6 is 0 Å². The van der Waals surface area contributed by atoms with E-state index in [-0.39, 0.29) is 0 Å². The van der Waals surface area contributed by atoms with Crippen LogP contribution in [0.5, 0.6) is 0 Å². The second kappa shape index (κ2) is 4.45. The first-order chi connectivity index (χ1) is 7.15. The van der Waals surface area contributed by atoms with Crippen molar-refractivity contribution in [2.24, 2.45) is 17.8 Å². The van der Waals surface area contributed by atoms with Gasteiger partial charge in [-0.3, -0.25) is 0 Å². The largest absolute Gasteiger partial charge is 0.390 e. The van der Waals surface area contributed by atoms with Crippen molar-refractivity contribution < 1.29 is 5.11 Å². The van der Waals surface area contributed by atoms with E-state index in [0.717, 1.165) is 18.3 Å². The lowest BCUT2D eigenvalue weighted by atomic mass is 9.60. The van der Waals surface area contributed by atoms with Crippen molar-refractivity contribution in [1.29, 1.82) is 0 Å². The van der Waals surface area contributed by atoms with E-state index in [9.17, 15) is 5.11 Å².